The Morgan fingerprint density at radius 3 is 2.58 bits per heavy atom. The van der Waals surface area contributed by atoms with Crippen molar-refractivity contribution in [3.05, 3.63) is 61.3 Å². The molecule has 24 heavy (non-hydrogen) atoms. The molecule has 0 radical (unpaired) electrons. The molecule has 2 heterocycles. The highest BCUT2D eigenvalue weighted by molar-refractivity contribution is 9.11. The molecule has 10 heteroatoms. The minimum Gasteiger partial charge on any atom is -0.463 e. The average Bonchev–Trinajstić information content (AvgIpc) is 3.20. The highest BCUT2D eigenvalue weighted by atomic mass is 79.9. The predicted octanol–water partition coefficient (Wildman–Crippen LogP) is 4.36. The second kappa shape index (κ2) is 6.57. The Balaban J connectivity index is 1.84. The van der Waals surface area contributed by atoms with Gasteiger partial charge in [-0.05, 0) is 44.0 Å². The van der Waals surface area contributed by atoms with Gasteiger partial charge in [-0.1, -0.05) is 0 Å². The van der Waals surface area contributed by atoms with Crippen molar-refractivity contribution in [2.24, 2.45) is 0 Å². The quantitative estimate of drug-likeness (QED) is 0.448. The number of nitrogens with one attached hydrogen (secondary N) is 2. The van der Waals surface area contributed by atoms with Crippen LogP contribution in [-0.4, -0.2) is 21.0 Å². The summed E-state index contributed by atoms with van der Waals surface area (Å²) < 4.78 is 5.97. The largest absolute Gasteiger partial charge is 0.463 e. The molecular formula is C14H8Br2N4O4. The Morgan fingerprint density at radius 2 is 2.00 bits per heavy atom. The van der Waals surface area contributed by atoms with Gasteiger partial charge in [-0.2, -0.15) is 5.10 Å². The van der Waals surface area contributed by atoms with Crippen LogP contribution in [-0.2, 0) is 0 Å². The summed E-state index contributed by atoms with van der Waals surface area (Å²) in [5.41, 5.74) is 0.977. The van der Waals surface area contributed by atoms with Crippen LogP contribution in [0.15, 0.2) is 50.0 Å². The van der Waals surface area contributed by atoms with Gasteiger partial charge in [-0.3, -0.25) is 20.0 Å². The molecule has 0 saturated carbocycles. The van der Waals surface area contributed by atoms with Crippen LogP contribution in [0, 0.1) is 10.1 Å². The molecule has 2 aromatic heterocycles. The van der Waals surface area contributed by atoms with E-state index in [9.17, 15) is 14.9 Å². The molecule has 0 aliphatic heterocycles. The second-order valence-electron chi connectivity index (χ2n) is 4.64. The number of hydrogen-bond donors (Lipinski definition) is 2. The summed E-state index contributed by atoms with van der Waals surface area (Å²) in [4.78, 5) is 22.6. The van der Waals surface area contributed by atoms with Crippen LogP contribution in [0.3, 0.4) is 0 Å². The lowest BCUT2D eigenvalue weighted by Crippen LogP contribution is -2.13. The predicted molar refractivity (Wildman–Crippen MR) is 92.7 cm³/mol. The summed E-state index contributed by atoms with van der Waals surface area (Å²) in [6.07, 6.45) is 1.51. The SMILES string of the molecule is O=C(Nc1c(Br)cc([N+](=O)[O-])cc1Br)c1cc(-c2ccco2)[nH]n1. The number of halogens is 2. The number of H-pyrrole nitrogens is 1. The minimum atomic E-state index is -0.523. The number of nitrogens with zero attached hydrogens (tertiary/aromatic N) is 2. The summed E-state index contributed by atoms with van der Waals surface area (Å²) in [6, 6.07) is 7.61. The Hall–Kier alpha value is -2.46. The molecule has 1 aromatic carbocycles. The third kappa shape index (κ3) is 3.24. The molecule has 0 fully saturated rings. The first-order valence-electron chi connectivity index (χ1n) is 6.50. The fourth-order valence-corrected chi connectivity index (χ4v) is 3.32. The number of non-ortho nitro benzene ring substituents is 1. The smallest absolute Gasteiger partial charge is 0.276 e. The van der Waals surface area contributed by atoms with Gasteiger partial charge in [0.15, 0.2) is 11.5 Å². The Morgan fingerprint density at radius 1 is 1.29 bits per heavy atom. The van der Waals surface area contributed by atoms with Gasteiger partial charge in [-0.25, -0.2) is 0 Å². The van der Waals surface area contributed by atoms with Crippen molar-refractivity contribution in [1.29, 1.82) is 0 Å². The highest BCUT2D eigenvalue weighted by Gasteiger charge is 2.18. The van der Waals surface area contributed by atoms with Crippen molar-refractivity contribution in [3.8, 4) is 11.5 Å². The van der Waals surface area contributed by atoms with Crippen LogP contribution in [0.5, 0.6) is 0 Å². The molecular weight excluding hydrogens is 448 g/mol. The monoisotopic (exact) mass is 454 g/mol. The number of aromatic amines is 1. The normalized spacial score (nSPS) is 10.6. The van der Waals surface area contributed by atoms with Gasteiger partial charge >= 0.3 is 0 Å². The molecule has 1 amide bonds. The Bertz CT molecular complexity index is 898. The topological polar surface area (TPSA) is 114 Å². The lowest BCUT2D eigenvalue weighted by atomic mass is 10.2. The molecule has 0 bridgehead atoms. The van der Waals surface area contributed by atoms with Crippen molar-refractivity contribution < 1.29 is 14.1 Å². The van der Waals surface area contributed by atoms with E-state index in [1.807, 2.05) is 0 Å². The number of nitro benzene ring substituents is 1. The van der Waals surface area contributed by atoms with Crippen LogP contribution in [0.2, 0.25) is 0 Å². The Kier molecular flexibility index (Phi) is 4.49. The van der Waals surface area contributed by atoms with E-state index in [0.29, 0.717) is 26.1 Å². The first kappa shape index (κ1) is 16.4. The number of furan rings is 1. The first-order chi connectivity index (χ1) is 11.5. The fourth-order valence-electron chi connectivity index (χ4n) is 1.96. The maximum Gasteiger partial charge on any atom is 0.276 e. The lowest BCUT2D eigenvalue weighted by molar-refractivity contribution is -0.385. The number of anilines is 1. The van der Waals surface area contributed by atoms with Crippen molar-refractivity contribution in [2.75, 3.05) is 5.32 Å². The zero-order chi connectivity index (χ0) is 17.3. The van der Waals surface area contributed by atoms with Crippen molar-refractivity contribution in [1.82, 2.24) is 10.2 Å². The van der Waals surface area contributed by atoms with Crippen molar-refractivity contribution >= 4 is 49.1 Å². The number of carbonyl (C=O) groups excluding carboxylic acids is 1. The number of rotatable bonds is 4. The maximum absolute atomic E-state index is 12.3. The van der Waals surface area contributed by atoms with E-state index in [-0.39, 0.29) is 11.4 Å². The maximum atomic E-state index is 12.3. The number of carbonyl (C=O) groups is 1. The summed E-state index contributed by atoms with van der Waals surface area (Å²) in [6.45, 7) is 0. The van der Waals surface area contributed by atoms with Gasteiger partial charge in [0, 0.05) is 27.1 Å². The van der Waals surface area contributed by atoms with Crippen LogP contribution in [0.25, 0.3) is 11.5 Å². The van der Waals surface area contributed by atoms with Gasteiger partial charge in [0.05, 0.1) is 16.9 Å². The van der Waals surface area contributed by atoms with E-state index in [2.05, 4.69) is 47.4 Å². The fraction of sp³-hybridized carbons (Fsp3) is 0. The van der Waals surface area contributed by atoms with Crippen molar-refractivity contribution in [3.63, 3.8) is 0 Å². The number of amides is 1. The van der Waals surface area contributed by atoms with Gasteiger partial charge < -0.3 is 9.73 Å². The average molecular weight is 456 g/mol. The highest BCUT2D eigenvalue weighted by Crippen LogP contribution is 2.35. The molecule has 8 nitrogen and oxygen atoms in total. The minimum absolute atomic E-state index is 0.105. The van der Waals surface area contributed by atoms with E-state index in [0.717, 1.165) is 0 Å². The number of hydrogen-bond acceptors (Lipinski definition) is 5. The molecule has 0 unspecified atom stereocenters. The summed E-state index contributed by atoms with van der Waals surface area (Å²) in [7, 11) is 0. The second-order valence-corrected chi connectivity index (χ2v) is 6.35. The molecule has 2 N–H and O–H groups in total. The van der Waals surface area contributed by atoms with E-state index >= 15 is 0 Å². The molecule has 0 aliphatic rings. The molecule has 3 aromatic rings. The first-order valence-corrected chi connectivity index (χ1v) is 8.08. The summed E-state index contributed by atoms with van der Waals surface area (Å²) in [5, 5.41) is 20.1. The molecule has 0 aliphatic carbocycles. The zero-order valence-corrected chi connectivity index (χ0v) is 14.9. The summed E-state index contributed by atoms with van der Waals surface area (Å²) in [5.74, 6) is 0.0820. The number of aromatic nitrogens is 2. The van der Waals surface area contributed by atoms with Gasteiger partial charge in [-0.15, -0.1) is 0 Å². The molecule has 0 atom stereocenters. The lowest BCUT2D eigenvalue weighted by Gasteiger charge is -2.08. The van der Waals surface area contributed by atoms with Crippen molar-refractivity contribution in [2.45, 2.75) is 0 Å². The van der Waals surface area contributed by atoms with Crippen LogP contribution < -0.4 is 5.32 Å². The third-order valence-corrected chi connectivity index (χ3v) is 4.32. The molecule has 0 saturated heterocycles. The van der Waals surface area contributed by atoms with Crippen LogP contribution in [0.4, 0.5) is 11.4 Å². The molecule has 3 rings (SSSR count). The van der Waals surface area contributed by atoms with E-state index < -0.39 is 10.8 Å². The van der Waals surface area contributed by atoms with Gasteiger partial charge in [0.1, 0.15) is 5.69 Å². The summed E-state index contributed by atoms with van der Waals surface area (Å²) >= 11 is 6.42. The molecule has 122 valence electrons. The van der Waals surface area contributed by atoms with E-state index in [1.54, 1.807) is 18.2 Å². The van der Waals surface area contributed by atoms with Crippen LogP contribution >= 0.6 is 31.9 Å². The molecule has 0 spiro atoms. The standard InChI is InChI=1S/C14H8Br2N4O4/c15-8-4-7(20(22)23)5-9(16)13(8)17-14(21)11-6-10(18-19-11)12-2-1-3-24-12/h1-6H,(H,17,21)(H,18,19). The van der Waals surface area contributed by atoms with E-state index in [1.165, 1.54) is 18.4 Å². The van der Waals surface area contributed by atoms with E-state index in [4.69, 9.17) is 4.42 Å². The van der Waals surface area contributed by atoms with Gasteiger partial charge in [0.2, 0.25) is 0 Å². The number of benzene rings is 1. The van der Waals surface area contributed by atoms with Crippen LogP contribution in [0.1, 0.15) is 10.5 Å². The van der Waals surface area contributed by atoms with Gasteiger partial charge in [0.25, 0.3) is 11.6 Å². The zero-order valence-electron chi connectivity index (χ0n) is 11.7. The number of nitro groups is 1. The third-order valence-electron chi connectivity index (χ3n) is 3.07. The Labute approximate surface area is 151 Å².